The number of hydrogen-bond donors (Lipinski definition) is 1. The number of para-hydroxylation sites is 2. The van der Waals surface area contributed by atoms with E-state index in [4.69, 9.17) is 0 Å². The lowest BCUT2D eigenvalue weighted by atomic mass is 10.0. The molecular formula is C24H19N3O. The Kier molecular flexibility index (Phi) is 3.83. The van der Waals surface area contributed by atoms with Crippen LogP contribution in [0.25, 0.3) is 33.1 Å². The van der Waals surface area contributed by atoms with Gasteiger partial charge in [-0.05, 0) is 30.7 Å². The normalized spacial score (nSPS) is 11.3. The summed E-state index contributed by atoms with van der Waals surface area (Å²) in [6.45, 7) is 2.36. The van der Waals surface area contributed by atoms with E-state index < -0.39 is 0 Å². The van der Waals surface area contributed by atoms with Gasteiger partial charge in [0.25, 0.3) is 5.56 Å². The monoisotopic (exact) mass is 365 g/mol. The van der Waals surface area contributed by atoms with Gasteiger partial charge in [0.2, 0.25) is 0 Å². The number of aromatic nitrogens is 3. The third-order valence-corrected chi connectivity index (χ3v) is 5.24. The number of hydrogen-bond acceptors (Lipinski definition) is 2. The van der Waals surface area contributed by atoms with E-state index in [0.29, 0.717) is 17.8 Å². The molecule has 5 aromatic rings. The summed E-state index contributed by atoms with van der Waals surface area (Å²) in [7, 11) is 0. The Morgan fingerprint density at radius 1 is 0.857 bits per heavy atom. The first-order chi connectivity index (χ1) is 13.7. The number of nitrogens with one attached hydrogen (secondary N) is 1. The van der Waals surface area contributed by atoms with Crippen molar-refractivity contribution >= 4 is 21.8 Å². The average Bonchev–Trinajstić information content (AvgIpc) is 3.10. The first-order valence-electron chi connectivity index (χ1n) is 9.33. The van der Waals surface area contributed by atoms with E-state index >= 15 is 0 Å². The summed E-state index contributed by atoms with van der Waals surface area (Å²) in [5.41, 5.74) is 5.05. The molecule has 0 radical (unpaired) electrons. The zero-order valence-electron chi connectivity index (χ0n) is 15.5. The van der Waals surface area contributed by atoms with Crippen LogP contribution in [0, 0.1) is 6.92 Å². The first kappa shape index (κ1) is 16.5. The fourth-order valence-corrected chi connectivity index (χ4v) is 3.84. The van der Waals surface area contributed by atoms with Crippen LogP contribution < -0.4 is 5.56 Å². The summed E-state index contributed by atoms with van der Waals surface area (Å²) in [6.07, 6.45) is 0. The van der Waals surface area contributed by atoms with Crippen molar-refractivity contribution in [2.24, 2.45) is 0 Å². The Labute approximate surface area is 162 Å². The predicted octanol–water partition coefficient (Wildman–Crippen LogP) is 4.90. The van der Waals surface area contributed by atoms with E-state index in [-0.39, 0.29) is 5.56 Å². The van der Waals surface area contributed by atoms with Crippen LogP contribution in [-0.2, 0) is 6.54 Å². The van der Waals surface area contributed by atoms with Gasteiger partial charge in [-0.3, -0.25) is 9.36 Å². The second-order valence-corrected chi connectivity index (χ2v) is 6.96. The molecule has 28 heavy (non-hydrogen) atoms. The molecule has 136 valence electrons. The largest absolute Gasteiger partial charge is 0.354 e. The summed E-state index contributed by atoms with van der Waals surface area (Å²) in [5.74, 6) is 0.716. The van der Waals surface area contributed by atoms with E-state index in [0.717, 1.165) is 33.2 Å². The van der Waals surface area contributed by atoms with E-state index in [1.165, 1.54) is 0 Å². The quantitative estimate of drug-likeness (QED) is 0.494. The molecular weight excluding hydrogens is 346 g/mol. The maximum atomic E-state index is 13.2. The van der Waals surface area contributed by atoms with Crippen molar-refractivity contribution in [1.29, 1.82) is 0 Å². The third-order valence-electron chi connectivity index (χ3n) is 5.24. The lowest BCUT2D eigenvalue weighted by Gasteiger charge is -2.12. The molecule has 0 aliphatic carbocycles. The molecule has 4 nitrogen and oxygen atoms in total. The summed E-state index contributed by atoms with van der Waals surface area (Å²) < 4.78 is 1.77. The molecule has 0 saturated heterocycles. The number of H-pyrrole nitrogens is 1. The third kappa shape index (κ3) is 2.62. The summed E-state index contributed by atoms with van der Waals surface area (Å²) in [6, 6.07) is 26.0. The van der Waals surface area contributed by atoms with Crippen LogP contribution in [0.3, 0.4) is 0 Å². The number of aromatic amines is 1. The molecule has 0 amide bonds. The smallest absolute Gasteiger partial charge is 0.261 e. The lowest BCUT2D eigenvalue weighted by molar-refractivity contribution is 0.717. The van der Waals surface area contributed by atoms with Crippen molar-refractivity contribution < 1.29 is 0 Å². The van der Waals surface area contributed by atoms with E-state index in [1.54, 1.807) is 4.57 Å². The SMILES string of the molecule is Cc1nc2ccccc2c(=O)n1Cc1c(-c2ccccc2)[nH]c2ccccc12. The molecule has 0 aliphatic heterocycles. The number of aryl methyl sites for hydroxylation is 1. The highest BCUT2D eigenvalue weighted by Crippen LogP contribution is 2.31. The van der Waals surface area contributed by atoms with Gasteiger partial charge < -0.3 is 4.98 Å². The molecule has 3 aromatic carbocycles. The molecule has 1 N–H and O–H groups in total. The molecule has 4 heteroatoms. The van der Waals surface area contributed by atoms with Crippen molar-refractivity contribution in [2.45, 2.75) is 13.5 Å². The fourth-order valence-electron chi connectivity index (χ4n) is 3.84. The number of rotatable bonds is 3. The minimum Gasteiger partial charge on any atom is -0.354 e. The molecule has 0 aliphatic rings. The van der Waals surface area contributed by atoms with Crippen molar-refractivity contribution in [1.82, 2.24) is 14.5 Å². The molecule has 2 aromatic heterocycles. The van der Waals surface area contributed by atoms with Gasteiger partial charge in [-0.1, -0.05) is 60.7 Å². The van der Waals surface area contributed by atoms with Crippen LogP contribution in [0.2, 0.25) is 0 Å². The molecule has 2 heterocycles. The number of nitrogens with zero attached hydrogens (tertiary/aromatic N) is 2. The standard InChI is InChI=1S/C24H19N3O/c1-16-25-22-14-8-6-12-19(22)24(28)27(16)15-20-18-11-5-7-13-21(18)26-23(20)17-9-3-2-4-10-17/h2-14,26H,15H2,1H3. The van der Waals surface area contributed by atoms with Crippen LogP contribution >= 0.6 is 0 Å². The molecule has 0 unspecified atom stereocenters. The maximum absolute atomic E-state index is 13.2. The highest BCUT2D eigenvalue weighted by Gasteiger charge is 2.16. The fraction of sp³-hybridized carbons (Fsp3) is 0.0833. The Morgan fingerprint density at radius 2 is 1.54 bits per heavy atom. The topological polar surface area (TPSA) is 50.7 Å². The van der Waals surface area contributed by atoms with Gasteiger partial charge in [0.05, 0.1) is 23.1 Å². The minimum absolute atomic E-state index is 0.00704. The summed E-state index contributed by atoms with van der Waals surface area (Å²) in [5, 5.41) is 1.77. The molecule has 0 bridgehead atoms. The highest BCUT2D eigenvalue weighted by atomic mass is 16.1. The molecule has 0 fully saturated rings. The number of benzene rings is 3. The zero-order valence-corrected chi connectivity index (χ0v) is 15.5. The Hall–Kier alpha value is -3.66. The van der Waals surface area contributed by atoms with Crippen LogP contribution in [-0.4, -0.2) is 14.5 Å². The highest BCUT2D eigenvalue weighted by molar-refractivity contribution is 5.90. The first-order valence-corrected chi connectivity index (χ1v) is 9.33. The van der Waals surface area contributed by atoms with Crippen molar-refractivity contribution in [3.05, 3.63) is 101 Å². The summed E-state index contributed by atoms with van der Waals surface area (Å²) in [4.78, 5) is 21.4. The van der Waals surface area contributed by atoms with Crippen molar-refractivity contribution in [3.8, 4) is 11.3 Å². The van der Waals surface area contributed by atoms with Crippen LogP contribution in [0.15, 0.2) is 83.7 Å². The minimum atomic E-state index is -0.00704. The van der Waals surface area contributed by atoms with Gasteiger partial charge in [0.15, 0.2) is 0 Å². The average molecular weight is 365 g/mol. The van der Waals surface area contributed by atoms with Crippen molar-refractivity contribution in [3.63, 3.8) is 0 Å². The second-order valence-electron chi connectivity index (χ2n) is 6.96. The van der Waals surface area contributed by atoms with Gasteiger partial charge in [0, 0.05) is 16.5 Å². The Morgan fingerprint density at radius 3 is 2.36 bits per heavy atom. The lowest BCUT2D eigenvalue weighted by Crippen LogP contribution is -2.24. The predicted molar refractivity (Wildman–Crippen MR) is 114 cm³/mol. The number of fused-ring (bicyclic) bond motifs is 2. The van der Waals surface area contributed by atoms with Gasteiger partial charge in [0.1, 0.15) is 5.82 Å². The molecule has 0 spiro atoms. The van der Waals surface area contributed by atoms with Gasteiger partial charge in [-0.2, -0.15) is 0 Å². The van der Waals surface area contributed by atoms with Gasteiger partial charge in [-0.15, -0.1) is 0 Å². The molecule has 5 rings (SSSR count). The maximum Gasteiger partial charge on any atom is 0.261 e. The van der Waals surface area contributed by atoms with E-state index in [9.17, 15) is 4.79 Å². The van der Waals surface area contributed by atoms with Gasteiger partial charge in [-0.25, -0.2) is 4.98 Å². The van der Waals surface area contributed by atoms with Crippen LogP contribution in [0.5, 0.6) is 0 Å². The van der Waals surface area contributed by atoms with E-state index in [1.807, 2.05) is 61.5 Å². The molecule has 0 atom stereocenters. The second kappa shape index (κ2) is 6.50. The van der Waals surface area contributed by atoms with Crippen LogP contribution in [0.1, 0.15) is 11.4 Å². The summed E-state index contributed by atoms with van der Waals surface area (Å²) >= 11 is 0. The van der Waals surface area contributed by atoms with Crippen LogP contribution in [0.4, 0.5) is 0 Å². The van der Waals surface area contributed by atoms with E-state index in [2.05, 4.69) is 34.2 Å². The Balaban J connectivity index is 1.75. The van der Waals surface area contributed by atoms with Crippen molar-refractivity contribution in [2.75, 3.05) is 0 Å². The zero-order chi connectivity index (χ0) is 19.1. The van der Waals surface area contributed by atoms with Gasteiger partial charge >= 0.3 is 0 Å². The molecule has 0 saturated carbocycles. The Bertz CT molecular complexity index is 1360.